The Morgan fingerprint density at radius 2 is 2.18 bits per heavy atom. The zero-order chi connectivity index (χ0) is 13.2. The molecule has 17 heavy (non-hydrogen) atoms. The Morgan fingerprint density at radius 1 is 1.59 bits per heavy atom. The van der Waals surface area contributed by atoms with Gasteiger partial charge in [-0.1, -0.05) is 0 Å². The lowest BCUT2D eigenvalue weighted by atomic mass is 10.2. The van der Waals surface area contributed by atoms with E-state index in [1.165, 1.54) is 6.07 Å². The number of halogens is 3. The monoisotopic (exact) mass is 282 g/mol. The quantitative estimate of drug-likeness (QED) is 0.790. The van der Waals surface area contributed by atoms with Crippen LogP contribution in [0.25, 0.3) is 0 Å². The van der Waals surface area contributed by atoms with Gasteiger partial charge in [-0.3, -0.25) is 0 Å². The molecule has 0 aromatic carbocycles. The van der Waals surface area contributed by atoms with Gasteiger partial charge in [-0.2, -0.15) is 5.26 Å². The highest BCUT2D eigenvalue weighted by Gasteiger charge is 2.24. The van der Waals surface area contributed by atoms with Gasteiger partial charge in [-0.05, 0) is 6.07 Å². The second-order valence-corrected chi connectivity index (χ2v) is 5.31. The van der Waals surface area contributed by atoms with Crippen molar-refractivity contribution in [3.63, 3.8) is 0 Å². The lowest BCUT2D eigenvalue weighted by Gasteiger charge is -2.08. The minimum atomic E-state index is -4.34. The Balaban J connectivity index is 3.68. The number of hydrogen-bond acceptors (Lipinski definition) is 5. The second kappa shape index (κ2) is 4.81. The molecule has 0 bridgehead atoms. The molecule has 1 aromatic rings. The fraction of sp³-hybridized carbons (Fsp3) is 0.250. The first-order chi connectivity index (χ1) is 7.81. The summed E-state index contributed by atoms with van der Waals surface area (Å²) in [4.78, 5) is 2.57. The van der Waals surface area contributed by atoms with Gasteiger partial charge in [0.25, 0.3) is 15.5 Å². The number of alkyl halides is 2. The van der Waals surface area contributed by atoms with Crippen LogP contribution in [-0.2, 0) is 9.05 Å². The molecule has 0 unspecified atom stereocenters. The molecule has 0 amide bonds. The Hall–Kier alpha value is -1.46. The van der Waals surface area contributed by atoms with Gasteiger partial charge < -0.3 is 4.74 Å². The van der Waals surface area contributed by atoms with Crippen LogP contribution in [-0.4, -0.2) is 20.5 Å². The van der Waals surface area contributed by atoms with Gasteiger partial charge in [0.1, 0.15) is 22.2 Å². The highest BCUT2D eigenvalue weighted by Crippen LogP contribution is 2.30. The third-order valence-corrected chi connectivity index (χ3v) is 3.11. The van der Waals surface area contributed by atoms with Crippen LogP contribution in [0.2, 0.25) is 0 Å². The fourth-order valence-electron chi connectivity index (χ4n) is 1.07. The summed E-state index contributed by atoms with van der Waals surface area (Å²) < 4.78 is 51.8. The topological polar surface area (TPSA) is 80.0 Å². The van der Waals surface area contributed by atoms with E-state index in [-0.39, 0.29) is 0 Å². The Bertz CT molecular complexity index is 583. The molecule has 9 heteroatoms. The summed E-state index contributed by atoms with van der Waals surface area (Å²) >= 11 is 0. The lowest BCUT2D eigenvalue weighted by molar-refractivity contribution is 0.144. The standard InChI is InChI=1S/C8H5ClF2N2O3S/c1-16-8-4(3-12)6(17(9,14)15)2-5(13-8)7(10)11/h2,7H,1H3. The third-order valence-electron chi connectivity index (χ3n) is 1.76. The predicted octanol–water partition coefficient (Wildman–Crippen LogP) is 1.83. The summed E-state index contributed by atoms with van der Waals surface area (Å²) in [6.45, 7) is 0. The van der Waals surface area contributed by atoms with E-state index in [4.69, 9.17) is 15.9 Å². The first-order valence-corrected chi connectivity index (χ1v) is 6.34. The maximum Gasteiger partial charge on any atom is 0.280 e. The molecule has 0 aliphatic carbocycles. The van der Waals surface area contributed by atoms with Gasteiger partial charge >= 0.3 is 0 Å². The molecule has 0 aliphatic rings. The average Bonchev–Trinajstić information content (AvgIpc) is 2.25. The summed E-state index contributed by atoms with van der Waals surface area (Å²) in [6.07, 6.45) is -3.01. The molecule has 5 nitrogen and oxygen atoms in total. The molecule has 0 saturated heterocycles. The van der Waals surface area contributed by atoms with E-state index in [9.17, 15) is 17.2 Å². The van der Waals surface area contributed by atoms with Crippen molar-refractivity contribution < 1.29 is 21.9 Å². The van der Waals surface area contributed by atoms with E-state index < -0.39 is 37.5 Å². The van der Waals surface area contributed by atoms with E-state index in [2.05, 4.69) is 9.72 Å². The SMILES string of the molecule is COc1nc(C(F)F)cc(S(=O)(=O)Cl)c1C#N. The minimum absolute atomic E-state index is 0.507. The van der Waals surface area contributed by atoms with Crippen LogP contribution in [0.1, 0.15) is 17.7 Å². The van der Waals surface area contributed by atoms with Gasteiger partial charge in [0.2, 0.25) is 5.88 Å². The number of methoxy groups -OCH3 is 1. The highest BCUT2D eigenvalue weighted by atomic mass is 35.7. The van der Waals surface area contributed by atoms with Crippen LogP contribution in [0.3, 0.4) is 0 Å². The number of ether oxygens (including phenoxy) is 1. The van der Waals surface area contributed by atoms with Crippen molar-refractivity contribution in [2.24, 2.45) is 0 Å². The van der Waals surface area contributed by atoms with E-state index in [0.717, 1.165) is 7.11 Å². The Kier molecular flexibility index (Phi) is 3.85. The van der Waals surface area contributed by atoms with Crippen molar-refractivity contribution in [1.82, 2.24) is 4.98 Å². The molecule has 92 valence electrons. The normalized spacial score (nSPS) is 11.3. The van der Waals surface area contributed by atoms with Gasteiger partial charge in [-0.25, -0.2) is 22.2 Å². The molecule has 1 rings (SSSR count). The van der Waals surface area contributed by atoms with Gasteiger partial charge in [0.05, 0.1) is 7.11 Å². The maximum atomic E-state index is 12.4. The highest BCUT2D eigenvalue weighted by molar-refractivity contribution is 8.13. The predicted molar refractivity (Wildman–Crippen MR) is 53.5 cm³/mol. The van der Waals surface area contributed by atoms with Crippen molar-refractivity contribution in [2.75, 3.05) is 7.11 Å². The van der Waals surface area contributed by atoms with E-state index >= 15 is 0 Å². The van der Waals surface area contributed by atoms with E-state index in [1.54, 1.807) is 0 Å². The minimum Gasteiger partial charge on any atom is -0.480 e. The number of aromatic nitrogens is 1. The largest absolute Gasteiger partial charge is 0.480 e. The van der Waals surface area contributed by atoms with E-state index in [0.29, 0.717) is 6.07 Å². The summed E-state index contributed by atoms with van der Waals surface area (Å²) in [6, 6.07) is 2.04. The molecule has 0 atom stereocenters. The number of hydrogen-bond donors (Lipinski definition) is 0. The molecule has 0 N–H and O–H groups in total. The van der Waals surface area contributed by atoms with Crippen LogP contribution in [0.4, 0.5) is 8.78 Å². The molecule has 0 fully saturated rings. The maximum absolute atomic E-state index is 12.4. The smallest absolute Gasteiger partial charge is 0.280 e. The zero-order valence-corrected chi connectivity index (χ0v) is 9.89. The van der Waals surface area contributed by atoms with Crippen LogP contribution in [0, 0.1) is 11.3 Å². The van der Waals surface area contributed by atoms with Crippen LogP contribution in [0.15, 0.2) is 11.0 Å². The van der Waals surface area contributed by atoms with Crippen molar-refractivity contribution in [1.29, 1.82) is 5.26 Å². The van der Waals surface area contributed by atoms with Gasteiger partial charge in [-0.15, -0.1) is 0 Å². The molecule has 1 aromatic heterocycles. The van der Waals surface area contributed by atoms with Gasteiger partial charge in [0, 0.05) is 10.7 Å². The molecule has 1 heterocycles. The van der Waals surface area contributed by atoms with Gasteiger partial charge in [0.15, 0.2) is 0 Å². The number of nitrogens with zero attached hydrogens (tertiary/aromatic N) is 2. The first-order valence-electron chi connectivity index (χ1n) is 4.03. The zero-order valence-electron chi connectivity index (χ0n) is 8.32. The van der Waals surface area contributed by atoms with Crippen molar-refractivity contribution in [3.05, 3.63) is 17.3 Å². The van der Waals surface area contributed by atoms with Crippen LogP contribution in [0.5, 0.6) is 5.88 Å². The van der Waals surface area contributed by atoms with Crippen molar-refractivity contribution in [3.8, 4) is 11.9 Å². The summed E-state index contributed by atoms with van der Waals surface area (Å²) in [7, 11) is 1.78. The number of pyridine rings is 1. The number of nitriles is 1. The summed E-state index contributed by atoms with van der Waals surface area (Å²) in [5.41, 5.74) is -1.34. The van der Waals surface area contributed by atoms with Crippen LogP contribution < -0.4 is 4.74 Å². The lowest BCUT2D eigenvalue weighted by Crippen LogP contribution is -2.04. The molecular weight excluding hydrogens is 278 g/mol. The second-order valence-electron chi connectivity index (χ2n) is 2.78. The Morgan fingerprint density at radius 3 is 2.53 bits per heavy atom. The summed E-state index contributed by atoms with van der Waals surface area (Å²) in [5.74, 6) is -0.510. The first kappa shape index (κ1) is 13.6. The molecule has 0 spiro atoms. The fourth-order valence-corrected chi connectivity index (χ4v) is 2.08. The summed E-state index contributed by atoms with van der Waals surface area (Å²) in [5, 5.41) is 8.74. The Labute approximate surface area is 100 Å². The number of rotatable bonds is 3. The van der Waals surface area contributed by atoms with Crippen molar-refractivity contribution in [2.45, 2.75) is 11.3 Å². The van der Waals surface area contributed by atoms with Crippen LogP contribution >= 0.6 is 10.7 Å². The molecule has 0 saturated carbocycles. The molecular formula is C8H5ClF2N2O3S. The average molecular weight is 283 g/mol. The molecule has 0 aliphatic heterocycles. The van der Waals surface area contributed by atoms with E-state index in [1.807, 2.05) is 0 Å². The third kappa shape index (κ3) is 2.81. The molecule has 0 radical (unpaired) electrons. The van der Waals surface area contributed by atoms with Crippen molar-refractivity contribution >= 4 is 19.7 Å².